The zero-order valence-corrected chi connectivity index (χ0v) is 17.6. The molecule has 3 rings (SSSR count). The van der Waals surface area contributed by atoms with Gasteiger partial charge < -0.3 is 19.3 Å². The van der Waals surface area contributed by atoms with Crippen molar-refractivity contribution in [2.24, 2.45) is 0 Å². The first-order valence-electron chi connectivity index (χ1n) is 10.4. The molecule has 0 aromatic heterocycles. The maximum absolute atomic E-state index is 5.43. The number of hydrogen-bond acceptors (Lipinski definition) is 4. The Labute approximate surface area is 170 Å². The van der Waals surface area contributed by atoms with Gasteiger partial charge in [-0.2, -0.15) is 0 Å². The lowest BCUT2D eigenvalue weighted by Crippen LogP contribution is -2.47. The molecule has 0 aliphatic carbocycles. The van der Waals surface area contributed by atoms with Crippen LogP contribution in [-0.4, -0.2) is 63.3 Å². The molecule has 1 aliphatic rings. The van der Waals surface area contributed by atoms with E-state index >= 15 is 0 Å². The second-order valence-electron chi connectivity index (χ2n) is 7.75. The minimum atomic E-state index is 0.643. The van der Waals surface area contributed by atoms with E-state index in [2.05, 4.69) is 59.3 Å². The van der Waals surface area contributed by atoms with E-state index in [9.17, 15) is 0 Å². The molecule has 152 valence electrons. The molecule has 4 heteroatoms. The van der Waals surface area contributed by atoms with Crippen molar-refractivity contribution in [2.75, 3.05) is 47.4 Å². The van der Waals surface area contributed by atoms with Crippen LogP contribution in [0.2, 0.25) is 0 Å². The number of methoxy groups -OCH3 is 2. The van der Waals surface area contributed by atoms with E-state index in [4.69, 9.17) is 9.47 Å². The minimum Gasteiger partial charge on any atom is -0.493 e. The predicted molar refractivity (Wildman–Crippen MR) is 115 cm³/mol. The standard InChI is InChI=1S/C24H34N2O2/c1-25(16-13-21-11-12-23(27-2)24(18-21)28-3)22-10-7-15-26(19-22)17-14-20-8-5-4-6-9-20/h4-6,8-9,11-12,18,22H,7,10,13-17,19H2,1-3H3. The van der Waals surface area contributed by atoms with Crippen molar-refractivity contribution in [3.05, 3.63) is 59.7 Å². The minimum absolute atomic E-state index is 0.643. The third kappa shape index (κ3) is 5.73. The molecule has 0 saturated carbocycles. The highest BCUT2D eigenvalue weighted by atomic mass is 16.5. The summed E-state index contributed by atoms with van der Waals surface area (Å²) < 4.78 is 10.8. The Balaban J connectivity index is 1.48. The molecule has 1 saturated heterocycles. The number of rotatable bonds is 9. The van der Waals surface area contributed by atoms with Gasteiger partial charge >= 0.3 is 0 Å². The van der Waals surface area contributed by atoms with E-state index in [1.54, 1.807) is 14.2 Å². The predicted octanol–water partition coefficient (Wildman–Crippen LogP) is 3.89. The van der Waals surface area contributed by atoms with Crippen LogP contribution < -0.4 is 9.47 Å². The largest absolute Gasteiger partial charge is 0.493 e. The molecule has 2 aromatic carbocycles. The third-order valence-electron chi connectivity index (χ3n) is 5.86. The summed E-state index contributed by atoms with van der Waals surface area (Å²) in [5.41, 5.74) is 2.73. The van der Waals surface area contributed by atoms with Gasteiger partial charge in [0.2, 0.25) is 0 Å². The second-order valence-corrected chi connectivity index (χ2v) is 7.75. The summed E-state index contributed by atoms with van der Waals surface area (Å²) in [4.78, 5) is 5.17. The number of nitrogens with zero attached hydrogens (tertiary/aromatic N) is 2. The lowest BCUT2D eigenvalue weighted by molar-refractivity contribution is 0.118. The molecule has 1 atom stereocenters. The Morgan fingerprint density at radius 3 is 2.50 bits per heavy atom. The fourth-order valence-electron chi connectivity index (χ4n) is 4.05. The average Bonchev–Trinajstić information content (AvgIpc) is 2.76. The van der Waals surface area contributed by atoms with Gasteiger partial charge in [0.25, 0.3) is 0 Å². The van der Waals surface area contributed by atoms with E-state index in [1.165, 1.54) is 37.1 Å². The molecular formula is C24H34N2O2. The van der Waals surface area contributed by atoms with Crippen molar-refractivity contribution in [1.29, 1.82) is 0 Å². The van der Waals surface area contributed by atoms with Gasteiger partial charge in [-0.05, 0) is 62.5 Å². The van der Waals surface area contributed by atoms with E-state index < -0.39 is 0 Å². The Hall–Kier alpha value is -2.04. The lowest BCUT2D eigenvalue weighted by atomic mass is 10.0. The number of likely N-dealkylation sites (tertiary alicyclic amines) is 1. The SMILES string of the molecule is COc1ccc(CCN(C)C2CCCN(CCc3ccccc3)C2)cc1OC. The van der Waals surface area contributed by atoms with Crippen LogP contribution in [0, 0.1) is 0 Å². The molecule has 0 amide bonds. The van der Waals surface area contributed by atoms with Crippen molar-refractivity contribution in [3.63, 3.8) is 0 Å². The van der Waals surface area contributed by atoms with Gasteiger partial charge in [-0.25, -0.2) is 0 Å². The molecule has 1 unspecified atom stereocenters. The summed E-state index contributed by atoms with van der Waals surface area (Å²) in [6, 6.07) is 17.7. The van der Waals surface area contributed by atoms with Crippen LogP contribution >= 0.6 is 0 Å². The van der Waals surface area contributed by atoms with Crippen LogP contribution in [0.3, 0.4) is 0 Å². The first-order valence-corrected chi connectivity index (χ1v) is 10.4. The molecule has 1 fully saturated rings. The van der Waals surface area contributed by atoms with Crippen molar-refractivity contribution in [2.45, 2.75) is 31.7 Å². The fraction of sp³-hybridized carbons (Fsp3) is 0.500. The highest BCUT2D eigenvalue weighted by Gasteiger charge is 2.22. The van der Waals surface area contributed by atoms with E-state index in [0.29, 0.717) is 6.04 Å². The van der Waals surface area contributed by atoms with Gasteiger partial charge in [-0.15, -0.1) is 0 Å². The average molecular weight is 383 g/mol. The number of piperidine rings is 1. The Morgan fingerprint density at radius 1 is 0.964 bits per heavy atom. The van der Waals surface area contributed by atoms with Crippen LogP contribution in [0.1, 0.15) is 24.0 Å². The van der Waals surface area contributed by atoms with Crippen LogP contribution in [0.25, 0.3) is 0 Å². The third-order valence-corrected chi connectivity index (χ3v) is 5.86. The monoisotopic (exact) mass is 382 g/mol. The normalized spacial score (nSPS) is 17.6. The maximum Gasteiger partial charge on any atom is 0.160 e. The molecular weight excluding hydrogens is 348 g/mol. The molecule has 0 spiro atoms. The van der Waals surface area contributed by atoms with Crippen LogP contribution in [0.15, 0.2) is 48.5 Å². The number of ether oxygens (including phenoxy) is 2. The van der Waals surface area contributed by atoms with E-state index in [0.717, 1.165) is 37.4 Å². The summed E-state index contributed by atoms with van der Waals surface area (Å²) in [6.07, 6.45) is 4.75. The number of hydrogen-bond donors (Lipinski definition) is 0. The molecule has 28 heavy (non-hydrogen) atoms. The Kier molecular flexibility index (Phi) is 7.75. The van der Waals surface area contributed by atoms with Gasteiger partial charge in [0.05, 0.1) is 14.2 Å². The molecule has 2 aromatic rings. The molecule has 1 aliphatic heterocycles. The molecule has 0 radical (unpaired) electrons. The Morgan fingerprint density at radius 2 is 1.75 bits per heavy atom. The fourth-order valence-corrected chi connectivity index (χ4v) is 4.05. The Bertz CT molecular complexity index is 720. The van der Waals surface area contributed by atoms with Crippen molar-refractivity contribution in [1.82, 2.24) is 9.80 Å². The van der Waals surface area contributed by atoms with Crippen LogP contribution in [0.5, 0.6) is 11.5 Å². The maximum atomic E-state index is 5.43. The quantitative estimate of drug-likeness (QED) is 0.657. The molecule has 0 bridgehead atoms. The van der Waals surface area contributed by atoms with Crippen LogP contribution in [-0.2, 0) is 12.8 Å². The van der Waals surface area contributed by atoms with E-state index in [1.807, 2.05) is 6.07 Å². The van der Waals surface area contributed by atoms with Crippen molar-refractivity contribution < 1.29 is 9.47 Å². The highest BCUT2D eigenvalue weighted by Crippen LogP contribution is 2.28. The number of likely N-dealkylation sites (N-methyl/N-ethyl adjacent to an activating group) is 1. The molecule has 1 heterocycles. The van der Waals surface area contributed by atoms with Crippen molar-refractivity contribution in [3.8, 4) is 11.5 Å². The van der Waals surface area contributed by atoms with Crippen LogP contribution in [0.4, 0.5) is 0 Å². The lowest BCUT2D eigenvalue weighted by Gasteiger charge is -2.37. The summed E-state index contributed by atoms with van der Waals surface area (Å²) in [5, 5.41) is 0. The first kappa shape index (κ1) is 20.7. The van der Waals surface area contributed by atoms with E-state index in [-0.39, 0.29) is 0 Å². The summed E-state index contributed by atoms with van der Waals surface area (Å²) >= 11 is 0. The topological polar surface area (TPSA) is 24.9 Å². The summed E-state index contributed by atoms with van der Waals surface area (Å²) in [7, 11) is 5.64. The van der Waals surface area contributed by atoms with Crippen molar-refractivity contribution >= 4 is 0 Å². The number of benzene rings is 2. The van der Waals surface area contributed by atoms with Gasteiger partial charge in [0.15, 0.2) is 11.5 Å². The highest BCUT2D eigenvalue weighted by molar-refractivity contribution is 5.42. The van der Waals surface area contributed by atoms with Gasteiger partial charge in [-0.1, -0.05) is 36.4 Å². The smallest absolute Gasteiger partial charge is 0.160 e. The summed E-state index contributed by atoms with van der Waals surface area (Å²) in [6.45, 7) is 4.62. The first-order chi connectivity index (χ1) is 13.7. The zero-order chi connectivity index (χ0) is 19.8. The summed E-state index contributed by atoms with van der Waals surface area (Å²) in [5.74, 6) is 1.60. The van der Waals surface area contributed by atoms with Gasteiger partial charge in [-0.3, -0.25) is 0 Å². The zero-order valence-electron chi connectivity index (χ0n) is 17.6. The second kappa shape index (κ2) is 10.5. The molecule has 0 N–H and O–H groups in total. The van der Waals surface area contributed by atoms with Gasteiger partial charge in [0, 0.05) is 25.7 Å². The molecule has 4 nitrogen and oxygen atoms in total. The van der Waals surface area contributed by atoms with Gasteiger partial charge in [0.1, 0.15) is 0 Å².